The Morgan fingerprint density at radius 3 is 2.43 bits per heavy atom. The van der Waals surface area contributed by atoms with Crippen LogP contribution < -0.4 is 4.90 Å². The van der Waals surface area contributed by atoms with E-state index in [9.17, 15) is 18.0 Å². The van der Waals surface area contributed by atoms with Gasteiger partial charge in [0.15, 0.2) is 0 Å². The maximum Gasteiger partial charge on any atom is 0.416 e. The van der Waals surface area contributed by atoms with Crippen LogP contribution in [0.1, 0.15) is 12.5 Å². The van der Waals surface area contributed by atoms with Crippen LogP contribution in [-0.4, -0.2) is 37.0 Å². The van der Waals surface area contributed by atoms with Crippen molar-refractivity contribution in [2.24, 2.45) is 0 Å². The third kappa shape index (κ3) is 4.61. The average molecular weight is 324 g/mol. The number of hydrogen-bond acceptors (Lipinski definition) is 2. The lowest BCUT2D eigenvalue weighted by atomic mass is 10.1. The van der Waals surface area contributed by atoms with Crippen LogP contribution in [0.3, 0.4) is 0 Å². The molecule has 1 aromatic carbocycles. The van der Waals surface area contributed by atoms with E-state index in [2.05, 4.69) is 0 Å². The van der Waals surface area contributed by atoms with E-state index in [-0.39, 0.29) is 5.91 Å². The van der Waals surface area contributed by atoms with Crippen LogP contribution >= 0.6 is 0 Å². The Bertz CT molecular complexity index is 600. The number of piperazine rings is 1. The Morgan fingerprint density at radius 1 is 1.13 bits per heavy atom. The highest BCUT2D eigenvalue weighted by atomic mass is 19.4. The first-order valence-electron chi connectivity index (χ1n) is 7.42. The van der Waals surface area contributed by atoms with Crippen molar-refractivity contribution >= 4 is 11.6 Å². The van der Waals surface area contributed by atoms with Crippen molar-refractivity contribution < 1.29 is 18.0 Å². The van der Waals surface area contributed by atoms with Gasteiger partial charge in [-0.15, -0.1) is 0 Å². The van der Waals surface area contributed by atoms with E-state index in [4.69, 9.17) is 0 Å². The molecule has 1 aliphatic rings. The van der Waals surface area contributed by atoms with Crippen LogP contribution in [0.5, 0.6) is 0 Å². The predicted molar refractivity (Wildman–Crippen MR) is 84.2 cm³/mol. The number of halogens is 3. The van der Waals surface area contributed by atoms with Gasteiger partial charge in [-0.1, -0.05) is 24.3 Å². The van der Waals surface area contributed by atoms with Gasteiger partial charge in [0.25, 0.3) is 0 Å². The van der Waals surface area contributed by atoms with Gasteiger partial charge in [0, 0.05) is 37.9 Å². The van der Waals surface area contributed by atoms with Crippen LogP contribution in [0.2, 0.25) is 0 Å². The molecule has 23 heavy (non-hydrogen) atoms. The normalized spacial score (nSPS) is 16.5. The fourth-order valence-corrected chi connectivity index (χ4v) is 2.42. The fourth-order valence-electron chi connectivity index (χ4n) is 2.42. The van der Waals surface area contributed by atoms with E-state index < -0.39 is 11.7 Å². The fraction of sp³-hybridized carbons (Fsp3) is 0.353. The summed E-state index contributed by atoms with van der Waals surface area (Å²) < 4.78 is 38.3. The number of amides is 1. The molecule has 0 aliphatic carbocycles. The molecule has 1 aromatic rings. The van der Waals surface area contributed by atoms with Crippen LogP contribution in [0.25, 0.3) is 0 Å². The Hall–Kier alpha value is -2.24. The van der Waals surface area contributed by atoms with Gasteiger partial charge >= 0.3 is 6.18 Å². The number of rotatable bonds is 3. The van der Waals surface area contributed by atoms with E-state index in [1.807, 2.05) is 17.9 Å². The second-order valence-corrected chi connectivity index (χ2v) is 5.25. The maximum absolute atomic E-state index is 12.8. The Balaban J connectivity index is 1.98. The minimum absolute atomic E-state index is 0.0770. The molecule has 1 amide bonds. The lowest BCUT2D eigenvalue weighted by molar-refractivity contribution is -0.137. The van der Waals surface area contributed by atoms with Crippen LogP contribution in [0.15, 0.2) is 48.6 Å². The zero-order valence-electron chi connectivity index (χ0n) is 12.9. The number of anilines is 1. The van der Waals surface area contributed by atoms with Crippen molar-refractivity contribution in [2.75, 3.05) is 31.1 Å². The molecule has 124 valence electrons. The summed E-state index contributed by atoms with van der Waals surface area (Å²) in [5.74, 6) is -0.0770. The van der Waals surface area contributed by atoms with E-state index in [1.54, 1.807) is 23.1 Å². The predicted octanol–water partition coefficient (Wildman–Crippen LogP) is 3.49. The molecule has 2 rings (SSSR count). The molecule has 0 aromatic heterocycles. The van der Waals surface area contributed by atoms with Crippen LogP contribution in [-0.2, 0) is 11.0 Å². The van der Waals surface area contributed by atoms with Crippen LogP contribution in [0.4, 0.5) is 18.9 Å². The summed E-state index contributed by atoms with van der Waals surface area (Å²) in [5, 5.41) is 0. The van der Waals surface area contributed by atoms with Crippen molar-refractivity contribution in [1.29, 1.82) is 0 Å². The third-order valence-electron chi connectivity index (χ3n) is 3.67. The number of nitrogens with zero attached hydrogens (tertiary/aromatic N) is 2. The third-order valence-corrected chi connectivity index (χ3v) is 3.67. The topological polar surface area (TPSA) is 23.6 Å². The minimum atomic E-state index is -4.34. The highest BCUT2D eigenvalue weighted by Crippen LogP contribution is 2.31. The van der Waals surface area contributed by atoms with Gasteiger partial charge in [-0.05, 0) is 25.1 Å². The molecule has 1 heterocycles. The molecule has 6 heteroatoms. The quantitative estimate of drug-likeness (QED) is 0.628. The van der Waals surface area contributed by atoms with E-state index in [1.165, 1.54) is 12.1 Å². The zero-order chi connectivity index (χ0) is 16.9. The van der Waals surface area contributed by atoms with Crippen molar-refractivity contribution in [3.8, 4) is 0 Å². The average Bonchev–Trinajstić information content (AvgIpc) is 2.54. The number of alkyl halides is 3. The number of carbonyl (C=O) groups is 1. The second kappa shape index (κ2) is 7.35. The highest BCUT2D eigenvalue weighted by molar-refractivity contribution is 5.88. The number of hydrogen-bond donors (Lipinski definition) is 0. The van der Waals surface area contributed by atoms with Crippen LogP contribution in [0, 0.1) is 0 Å². The van der Waals surface area contributed by atoms with Gasteiger partial charge in [-0.2, -0.15) is 13.2 Å². The summed E-state index contributed by atoms with van der Waals surface area (Å²) >= 11 is 0. The summed E-state index contributed by atoms with van der Waals surface area (Å²) in [5.41, 5.74) is -0.112. The second-order valence-electron chi connectivity index (χ2n) is 5.25. The molecule has 0 spiro atoms. The minimum Gasteiger partial charge on any atom is -0.368 e. The molecule has 1 saturated heterocycles. The largest absolute Gasteiger partial charge is 0.416 e. The monoisotopic (exact) mass is 324 g/mol. The molecule has 0 unspecified atom stereocenters. The van der Waals surface area contributed by atoms with Crippen molar-refractivity contribution in [3.63, 3.8) is 0 Å². The molecule has 0 atom stereocenters. The zero-order valence-corrected chi connectivity index (χ0v) is 12.9. The van der Waals surface area contributed by atoms with Gasteiger partial charge in [0.2, 0.25) is 5.91 Å². The summed E-state index contributed by atoms with van der Waals surface area (Å²) in [6.07, 6.45) is 2.44. The maximum atomic E-state index is 12.8. The van der Waals surface area contributed by atoms with Crippen molar-refractivity contribution in [1.82, 2.24) is 4.90 Å². The number of carbonyl (C=O) groups excluding carboxylic acids is 1. The van der Waals surface area contributed by atoms with Gasteiger partial charge in [-0.25, -0.2) is 0 Å². The van der Waals surface area contributed by atoms with E-state index >= 15 is 0 Å². The molecule has 0 saturated carbocycles. The van der Waals surface area contributed by atoms with Gasteiger partial charge in [0.1, 0.15) is 0 Å². The first kappa shape index (κ1) is 17.1. The highest BCUT2D eigenvalue weighted by Gasteiger charge is 2.31. The van der Waals surface area contributed by atoms with Crippen molar-refractivity contribution in [2.45, 2.75) is 13.1 Å². The molecular formula is C17H19F3N2O. The standard InChI is InChI=1S/C17H19F3N2O/c1-2-3-4-8-16(23)22-11-9-21(10-12-22)15-7-5-6-14(13-15)17(18,19)20/h2-8,13H,9-12H2,1H3. The number of allylic oxidation sites excluding steroid dienone is 3. The molecule has 1 fully saturated rings. The summed E-state index contributed by atoms with van der Waals surface area (Å²) in [6, 6.07) is 5.30. The van der Waals surface area contributed by atoms with Gasteiger partial charge in [0.05, 0.1) is 5.56 Å². The summed E-state index contributed by atoms with van der Waals surface area (Å²) in [4.78, 5) is 15.5. The Kier molecular flexibility index (Phi) is 5.47. The lowest BCUT2D eigenvalue weighted by Crippen LogP contribution is -2.48. The number of benzene rings is 1. The summed E-state index contributed by atoms with van der Waals surface area (Å²) in [7, 11) is 0. The molecular weight excluding hydrogens is 305 g/mol. The van der Waals surface area contributed by atoms with Crippen molar-refractivity contribution in [3.05, 3.63) is 54.1 Å². The molecule has 3 nitrogen and oxygen atoms in total. The first-order chi connectivity index (χ1) is 10.9. The Labute approximate surface area is 133 Å². The lowest BCUT2D eigenvalue weighted by Gasteiger charge is -2.35. The van der Waals surface area contributed by atoms with Gasteiger partial charge < -0.3 is 9.80 Å². The smallest absolute Gasteiger partial charge is 0.368 e. The summed E-state index contributed by atoms with van der Waals surface area (Å²) in [6.45, 7) is 3.89. The SMILES string of the molecule is CC=CC=CC(=O)N1CCN(c2cccc(C(F)(F)F)c2)CC1. The van der Waals surface area contributed by atoms with E-state index in [0.29, 0.717) is 31.9 Å². The molecule has 0 radical (unpaired) electrons. The first-order valence-corrected chi connectivity index (χ1v) is 7.42. The van der Waals surface area contributed by atoms with Gasteiger partial charge in [-0.3, -0.25) is 4.79 Å². The Morgan fingerprint density at radius 2 is 1.83 bits per heavy atom. The molecule has 1 aliphatic heterocycles. The molecule has 0 N–H and O–H groups in total. The molecule has 0 bridgehead atoms. The van der Waals surface area contributed by atoms with E-state index in [0.717, 1.165) is 12.1 Å².